The summed E-state index contributed by atoms with van der Waals surface area (Å²) in [6.45, 7) is 0. The molecule has 7 heavy (non-hydrogen) atoms. The minimum atomic E-state index is -5.39. The molecule has 0 saturated heterocycles. The first-order chi connectivity index (χ1) is 2.00. The van der Waals surface area contributed by atoms with E-state index in [9.17, 15) is 0 Å². The van der Waals surface area contributed by atoms with Crippen LogP contribution >= 0.6 is 7.82 Å². The number of rotatable bonds is 0. The van der Waals surface area contributed by atoms with Gasteiger partial charge in [0.25, 0.3) is 0 Å². The molecule has 0 aliphatic rings. The molecular weight excluding hydrogens is 185 g/mol. The van der Waals surface area contributed by atoms with Crippen molar-refractivity contribution in [3.8, 4) is 0 Å². The summed E-state index contributed by atoms with van der Waals surface area (Å²) in [6.07, 6.45) is 0. The molecular formula is MgO4PZn+. The van der Waals surface area contributed by atoms with Gasteiger partial charge in [-0.25, -0.2) is 0 Å². The van der Waals surface area contributed by atoms with E-state index < -0.39 is 7.82 Å². The average Bonchev–Trinajstić information content (AvgIpc) is 0.722. The van der Waals surface area contributed by atoms with Gasteiger partial charge in [0.2, 0.25) is 0 Å². The van der Waals surface area contributed by atoms with Crippen LogP contribution in [-0.4, -0.2) is 23.1 Å². The molecule has 0 unspecified atom stereocenters. The SMILES string of the molecule is O=P([O-])([O-])[O-].[Mg+2].[Zn+2]. The first-order valence-corrected chi connectivity index (χ1v) is 2.19. The molecule has 0 bridgehead atoms. The second kappa shape index (κ2) is 5.63. The Hall–Kier alpha value is 1.50. The Labute approximate surface area is 69.5 Å². The predicted molar refractivity (Wildman–Crippen MR) is 13.4 cm³/mol. The van der Waals surface area contributed by atoms with Crippen molar-refractivity contribution in [2.45, 2.75) is 0 Å². The van der Waals surface area contributed by atoms with Crippen molar-refractivity contribution < 1.29 is 38.7 Å². The maximum absolute atomic E-state index is 8.55. The van der Waals surface area contributed by atoms with Gasteiger partial charge in [0.15, 0.2) is 0 Å². The smallest absolute Gasteiger partial charge is 0.822 e. The van der Waals surface area contributed by atoms with Gasteiger partial charge < -0.3 is 19.2 Å². The van der Waals surface area contributed by atoms with Crippen molar-refractivity contribution in [1.29, 1.82) is 0 Å². The normalized spacial score (nSPS) is 8.43. The maximum atomic E-state index is 8.55. The Kier molecular flexibility index (Phi) is 12.7. The van der Waals surface area contributed by atoms with Crippen LogP contribution in [0.4, 0.5) is 0 Å². The Morgan fingerprint density at radius 1 is 1.14 bits per heavy atom. The van der Waals surface area contributed by atoms with Gasteiger partial charge >= 0.3 is 42.5 Å². The zero-order valence-electron chi connectivity index (χ0n) is 3.49. The first-order valence-electron chi connectivity index (χ1n) is 0.730. The van der Waals surface area contributed by atoms with E-state index in [1.807, 2.05) is 0 Å². The monoisotopic (exact) mass is 183 g/mol. The van der Waals surface area contributed by atoms with E-state index in [4.69, 9.17) is 19.2 Å². The van der Waals surface area contributed by atoms with Crippen LogP contribution in [-0.2, 0) is 24.0 Å². The third-order valence-corrected chi connectivity index (χ3v) is 0. The summed E-state index contributed by atoms with van der Waals surface area (Å²) in [5, 5.41) is 0. The van der Waals surface area contributed by atoms with Crippen LogP contribution in [0.25, 0.3) is 0 Å². The maximum Gasteiger partial charge on any atom is 2.00 e. The number of hydrogen-bond donors (Lipinski definition) is 0. The first kappa shape index (κ1) is 15.8. The molecule has 0 aliphatic carbocycles. The molecule has 7 heteroatoms. The largest absolute Gasteiger partial charge is 2.00 e. The van der Waals surface area contributed by atoms with Gasteiger partial charge in [-0.3, -0.25) is 0 Å². The summed E-state index contributed by atoms with van der Waals surface area (Å²) in [7, 11) is -5.39. The quantitative estimate of drug-likeness (QED) is 0.293. The Balaban J connectivity index is -0.0000000800. The molecule has 0 aliphatic heterocycles. The third-order valence-electron chi connectivity index (χ3n) is 0. The fourth-order valence-corrected chi connectivity index (χ4v) is 0. The van der Waals surface area contributed by atoms with Crippen LogP contribution in [0.15, 0.2) is 0 Å². The summed E-state index contributed by atoms with van der Waals surface area (Å²) in [6, 6.07) is 0. The van der Waals surface area contributed by atoms with Gasteiger partial charge in [0.05, 0.1) is 0 Å². The van der Waals surface area contributed by atoms with Crippen molar-refractivity contribution in [2.24, 2.45) is 0 Å². The number of hydrogen-bond acceptors (Lipinski definition) is 4. The van der Waals surface area contributed by atoms with E-state index >= 15 is 0 Å². The second-order valence-corrected chi connectivity index (χ2v) is 1.34. The minimum absolute atomic E-state index is 0. The molecule has 0 amide bonds. The summed E-state index contributed by atoms with van der Waals surface area (Å²) in [4.78, 5) is 25.6. The van der Waals surface area contributed by atoms with Crippen LogP contribution in [0.2, 0.25) is 0 Å². The molecule has 0 heterocycles. The van der Waals surface area contributed by atoms with Crippen LogP contribution in [0, 0.1) is 0 Å². The molecule has 0 radical (unpaired) electrons. The van der Waals surface area contributed by atoms with Crippen molar-refractivity contribution in [1.82, 2.24) is 0 Å². The van der Waals surface area contributed by atoms with Gasteiger partial charge in [-0.2, -0.15) is 7.82 Å². The molecule has 0 N–H and O–H groups in total. The Morgan fingerprint density at radius 3 is 1.14 bits per heavy atom. The second-order valence-electron chi connectivity index (χ2n) is 0.447. The molecule has 0 fully saturated rings. The van der Waals surface area contributed by atoms with Gasteiger partial charge in [-0.05, 0) is 0 Å². The van der Waals surface area contributed by atoms with Crippen LogP contribution < -0.4 is 14.7 Å². The molecule has 4 nitrogen and oxygen atoms in total. The van der Waals surface area contributed by atoms with Gasteiger partial charge in [-0.15, -0.1) is 0 Å². The van der Waals surface area contributed by atoms with Gasteiger partial charge in [0.1, 0.15) is 0 Å². The van der Waals surface area contributed by atoms with E-state index in [0.29, 0.717) is 0 Å². The fraction of sp³-hybridized carbons (Fsp3) is 0. The Bertz CT molecular complexity index is 57.8. The summed E-state index contributed by atoms with van der Waals surface area (Å²) in [5.74, 6) is 0. The predicted octanol–water partition coefficient (Wildman–Crippen LogP) is -3.21. The molecule has 0 rings (SSSR count). The molecule has 32 valence electrons. The van der Waals surface area contributed by atoms with Crippen molar-refractivity contribution in [3.05, 3.63) is 0 Å². The van der Waals surface area contributed by atoms with E-state index in [0.717, 1.165) is 0 Å². The van der Waals surface area contributed by atoms with Gasteiger partial charge in [0, 0.05) is 0 Å². The van der Waals surface area contributed by atoms with Crippen molar-refractivity contribution in [3.63, 3.8) is 0 Å². The Morgan fingerprint density at radius 2 is 1.14 bits per heavy atom. The topological polar surface area (TPSA) is 86.2 Å². The third kappa shape index (κ3) is 101. The molecule has 0 aromatic heterocycles. The zero-order valence-corrected chi connectivity index (χ0v) is 8.77. The fourth-order valence-electron chi connectivity index (χ4n) is 0. The summed E-state index contributed by atoms with van der Waals surface area (Å²) in [5.41, 5.74) is 0. The molecule has 0 aromatic rings. The van der Waals surface area contributed by atoms with E-state index in [-0.39, 0.29) is 42.5 Å². The van der Waals surface area contributed by atoms with E-state index in [1.165, 1.54) is 0 Å². The van der Waals surface area contributed by atoms with Crippen molar-refractivity contribution >= 4 is 30.9 Å². The average molecular weight is 185 g/mol. The molecule has 0 atom stereocenters. The van der Waals surface area contributed by atoms with E-state index in [2.05, 4.69) is 0 Å². The summed E-state index contributed by atoms with van der Waals surface area (Å²) < 4.78 is 8.55. The summed E-state index contributed by atoms with van der Waals surface area (Å²) >= 11 is 0. The molecule has 0 saturated carbocycles. The number of phosphoric acid groups is 1. The standard InChI is InChI=1S/Mg.H3O4P.Zn/c;1-5(2,3)4;/h;(H3,1,2,3,4);/q+2;;+2/p-3. The van der Waals surface area contributed by atoms with Crippen LogP contribution in [0.3, 0.4) is 0 Å². The molecule has 0 spiro atoms. The molecule has 0 aromatic carbocycles. The van der Waals surface area contributed by atoms with Crippen LogP contribution in [0.5, 0.6) is 0 Å². The van der Waals surface area contributed by atoms with Crippen molar-refractivity contribution in [2.75, 3.05) is 0 Å². The van der Waals surface area contributed by atoms with Crippen LogP contribution in [0.1, 0.15) is 0 Å². The minimum Gasteiger partial charge on any atom is -0.822 e. The van der Waals surface area contributed by atoms with E-state index in [1.54, 1.807) is 0 Å². The zero-order chi connectivity index (χ0) is 4.50. The van der Waals surface area contributed by atoms with Gasteiger partial charge in [-0.1, -0.05) is 0 Å².